The van der Waals surface area contributed by atoms with Gasteiger partial charge in [0.2, 0.25) is 0 Å². The molecule has 1 aliphatic carbocycles. The van der Waals surface area contributed by atoms with Crippen molar-refractivity contribution in [1.29, 1.82) is 0 Å². The van der Waals surface area contributed by atoms with Crippen LogP contribution in [0.25, 0.3) is 0 Å². The number of rotatable bonds is 39. The molecule has 0 aromatic rings. The lowest BCUT2D eigenvalue weighted by Crippen LogP contribution is -2.64. The van der Waals surface area contributed by atoms with E-state index in [2.05, 4.69) is 79.1 Å². The summed E-state index contributed by atoms with van der Waals surface area (Å²) < 4.78 is 49.3. The van der Waals surface area contributed by atoms with Crippen molar-refractivity contribution in [3.05, 3.63) is 60.8 Å². The molecule has 0 amide bonds. The summed E-state index contributed by atoms with van der Waals surface area (Å²) in [5.41, 5.74) is 0. The Hall–Kier alpha value is -2.30. The number of aliphatic hydroxyl groups is 4. The molecule has 16 nitrogen and oxygen atoms in total. The van der Waals surface area contributed by atoms with Gasteiger partial charge in [-0.2, -0.15) is 0 Å². The molecule has 1 saturated carbocycles. The molecule has 1 rings (SSSR count). The van der Waals surface area contributed by atoms with E-state index >= 15 is 0 Å². The number of phosphoric ester groups is 2. The molecule has 0 bridgehead atoms. The molecule has 0 heterocycles. The zero-order valence-corrected chi connectivity index (χ0v) is 40.7. The molecule has 0 aromatic heterocycles. The summed E-state index contributed by atoms with van der Waals surface area (Å²) in [5, 5.41) is 41.2. The van der Waals surface area contributed by atoms with Crippen LogP contribution in [0.2, 0.25) is 0 Å². The fourth-order valence-electron chi connectivity index (χ4n) is 6.83. The minimum Gasteiger partial charge on any atom is -0.462 e. The molecule has 0 spiro atoms. The van der Waals surface area contributed by atoms with E-state index in [-0.39, 0.29) is 12.8 Å². The minimum atomic E-state index is -5.37. The van der Waals surface area contributed by atoms with Crippen LogP contribution < -0.4 is 0 Å². The number of carbonyl (C=O) groups is 2. The summed E-state index contributed by atoms with van der Waals surface area (Å²) in [4.78, 5) is 54.3. The molecule has 18 heteroatoms. The van der Waals surface area contributed by atoms with Crippen molar-refractivity contribution in [2.75, 3.05) is 13.2 Å². The summed E-state index contributed by atoms with van der Waals surface area (Å²) in [6, 6.07) is 0. The molecule has 5 unspecified atom stereocenters. The summed E-state index contributed by atoms with van der Waals surface area (Å²) >= 11 is 0. The SMILES string of the molecule is CCCCCC=CCC=CCC=CCCCCCCC(=O)O[C@H](COC(=O)CCCCCCCC=CCC=CCCCCC)COP(=O)(O)O[C@H]1C(O)C(O)C(O)[C@@H](OP(=O)(O)O)C1O. The third-order valence-corrected chi connectivity index (χ3v) is 12.1. The van der Waals surface area contributed by atoms with E-state index < -0.39 is 83.5 Å². The normalized spacial score (nSPS) is 22.2. The Morgan fingerprint density at radius 2 is 0.892 bits per heavy atom. The van der Waals surface area contributed by atoms with Crippen LogP contribution >= 0.6 is 15.6 Å². The van der Waals surface area contributed by atoms with Crippen molar-refractivity contribution >= 4 is 27.6 Å². The van der Waals surface area contributed by atoms with E-state index in [0.717, 1.165) is 89.9 Å². The Labute approximate surface area is 388 Å². The molecule has 0 radical (unpaired) electrons. The number of phosphoric acid groups is 2. The lowest BCUT2D eigenvalue weighted by molar-refractivity contribution is -0.216. The zero-order chi connectivity index (χ0) is 48.2. The van der Waals surface area contributed by atoms with Crippen molar-refractivity contribution < 1.29 is 76.9 Å². The van der Waals surface area contributed by atoms with Crippen LogP contribution in [0.4, 0.5) is 0 Å². The van der Waals surface area contributed by atoms with Gasteiger partial charge in [0.25, 0.3) is 0 Å². The van der Waals surface area contributed by atoms with Crippen molar-refractivity contribution in [3.63, 3.8) is 0 Å². The van der Waals surface area contributed by atoms with Crippen molar-refractivity contribution in [3.8, 4) is 0 Å². The first-order valence-corrected chi connectivity index (χ1v) is 26.9. The van der Waals surface area contributed by atoms with Gasteiger partial charge in [0.15, 0.2) is 6.10 Å². The number of ether oxygens (including phenoxy) is 2. The molecule has 1 fully saturated rings. The number of unbranched alkanes of at least 4 members (excludes halogenated alkanes) is 15. The second-order valence-corrected chi connectivity index (χ2v) is 19.1. The standard InChI is InChI=1S/C47H82O16P2/c1-3-5-7-9-11-13-15-17-19-20-22-24-26-28-30-32-34-36-41(49)61-39(37-59-40(48)35-33-31-29-27-25-23-21-18-16-14-12-10-8-6-4-2)38-60-65(57,58)63-47-44(52)42(50)43(51)46(45(47)53)62-64(54,55)56/h11-14,17-19,21-22,24,39,42-47,50-53H,3-10,15-16,20,23,25-38H2,1-2H3,(H,57,58)(H2,54,55,56)/t39-,42?,43?,44?,45?,46-,47+/m1/s1. The fourth-order valence-corrected chi connectivity index (χ4v) is 8.37. The first kappa shape index (κ1) is 60.7. The van der Waals surface area contributed by atoms with E-state index in [1.165, 1.54) is 38.5 Å². The predicted octanol–water partition coefficient (Wildman–Crippen LogP) is 9.06. The lowest BCUT2D eigenvalue weighted by atomic mass is 9.85. The van der Waals surface area contributed by atoms with Crippen LogP contribution in [0.3, 0.4) is 0 Å². The molecule has 0 aromatic carbocycles. The Kier molecular flexibility index (Phi) is 35.2. The van der Waals surface area contributed by atoms with Crippen molar-refractivity contribution in [2.24, 2.45) is 0 Å². The number of aliphatic hydroxyl groups excluding tert-OH is 4. The molecule has 376 valence electrons. The van der Waals surface area contributed by atoms with E-state index in [0.29, 0.717) is 12.8 Å². The van der Waals surface area contributed by atoms with Crippen molar-refractivity contribution in [1.82, 2.24) is 0 Å². The first-order valence-electron chi connectivity index (χ1n) is 23.8. The van der Waals surface area contributed by atoms with Gasteiger partial charge in [-0.15, -0.1) is 0 Å². The highest BCUT2D eigenvalue weighted by molar-refractivity contribution is 7.47. The average molecular weight is 965 g/mol. The number of carbonyl (C=O) groups excluding carboxylic acids is 2. The largest absolute Gasteiger partial charge is 0.472 e. The molecule has 65 heavy (non-hydrogen) atoms. The maximum absolute atomic E-state index is 13.0. The lowest BCUT2D eigenvalue weighted by Gasteiger charge is -2.43. The first-order chi connectivity index (χ1) is 31.1. The monoisotopic (exact) mass is 965 g/mol. The number of allylic oxidation sites excluding steroid dienone is 10. The van der Waals surface area contributed by atoms with Gasteiger partial charge in [0.05, 0.1) is 6.61 Å². The number of esters is 2. The van der Waals surface area contributed by atoms with Gasteiger partial charge in [-0.3, -0.25) is 23.2 Å². The van der Waals surface area contributed by atoms with Gasteiger partial charge in [-0.05, 0) is 83.5 Å². The van der Waals surface area contributed by atoms with Gasteiger partial charge < -0.3 is 44.6 Å². The maximum Gasteiger partial charge on any atom is 0.472 e. The minimum absolute atomic E-state index is 0.0129. The van der Waals surface area contributed by atoms with E-state index in [1.54, 1.807) is 0 Å². The maximum atomic E-state index is 13.0. The van der Waals surface area contributed by atoms with Gasteiger partial charge in [-0.1, -0.05) is 132 Å². The van der Waals surface area contributed by atoms with Crippen LogP contribution in [0.15, 0.2) is 60.8 Å². The highest BCUT2D eigenvalue weighted by atomic mass is 31.2. The highest BCUT2D eigenvalue weighted by Gasteiger charge is 2.54. The number of hydrogen-bond acceptors (Lipinski definition) is 13. The summed E-state index contributed by atoms with van der Waals surface area (Å²) in [7, 11) is -10.7. The Bertz CT molecular complexity index is 1490. The van der Waals surface area contributed by atoms with E-state index in [1.807, 2.05) is 0 Å². The Morgan fingerprint density at radius 3 is 1.35 bits per heavy atom. The highest BCUT2D eigenvalue weighted by Crippen LogP contribution is 2.49. The molecule has 0 saturated heterocycles. The van der Waals surface area contributed by atoms with Crippen LogP contribution in [-0.2, 0) is 41.8 Å². The van der Waals surface area contributed by atoms with Crippen LogP contribution in [0.1, 0.15) is 168 Å². The van der Waals surface area contributed by atoms with E-state index in [9.17, 15) is 53.8 Å². The molecular weight excluding hydrogens is 882 g/mol. The summed E-state index contributed by atoms with van der Waals surface area (Å²) in [6.07, 6.45) is 28.9. The van der Waals surface area contributed by atoms with E-state index in [4.69, 9.17) is 18.5 Å². The molecular formula is C47H82O16P2. The van der Waals surface area contributed by atoms with Gasteiger partial charge in [0.1, 0.15) is 43.2 Å². The van der Waals surface area contributed by atoms with Crippen LogP contribution in [0, 0.1) is 0 Å². The summed E-state index contributed by atoms with van der Waals surface area (Å²) in [5.74, 6) is -1.25. The smallest absolute Gasteiger partial charge is 0.462 e. The van der Waals surface area contributed by atoms with Crippen LogP contribution in [0.5, 0.6) is 0 Å². The molecule has 0 aliphatic heterocycles. The topological polar surface area (TPSA) is 256 Å². The fraction of sp³-hybridized carbons (Fsp3) is 0.745. The zero-order valence-electron chi connectivity index (χ0n) is 38.9. The van der Waals surface area contributed by atoms with Crippen LogP contribution in [-0.4, -0.2) is 103 Å². The molecule has 1 aliphatic rings. The second-order valence-electron chi connectivity index (χ2n) is 16.5. The molecule has 8 atom stereocenters. The Balaban J connectivity index is 2.62. The Morgan fingerprint density at radius 1 is 0.492 bits per heavy atom. The average Bonchev–Trinajstić information content (AvgIpc) is 3.26. The second kappa shape index (κ2) is 37.7. The van der Waals surface area contributed by atoms with Crippen molar-refractivity contribution in [2.45, 2.75) is 211 Å². The van der Waals surface area contributed by atoms with Gasteiger partial charge >= 0.3 is 27.6 Å². The molecule has 7 N–H and O–H groups in total. The third kappa shape index (κ3) is 32.2. The van der Waals surface area contributed by atoms with Gasteiger partial charge in [0, 0.05) is 12.8 Å². The predicted molar refractivity (Wildman–Crippen MR) is 250 cm³/mol. The quantitative estimate of drug-likeness (QED) is 0.0131. The van der Waals surface area contributed by atoms with Gasteiger partial charge in [-0.25, -0.2) is 9.13 Å². The summed E-state index contributed by atoms with van der Waals surface area (Å²) in [6.45, 7) is 3.02. The number of hydrogen-bond donors (Lipinski definition) is 7. The third-order valence-electron chi connectivity index (χ3n) is 10.6.